The Morgan fingerprint density at radius 2 is 1.89 bits per heavy atom. The van der Waals surface area contributed by atoms with Crippen LogP contribution >= 0.6 is 0 Å². The molecule has 0 aliphatic carbocycles. The number of nitrogen functional groups attached to an aromatic ring is 1. The third kappa shape index (κ3) is 4.22. The number of nitrogens with two attached hydrogens (primary N) is 1. The third-order valence-corrected chi connectivity index (χ3v) is 3.76. The topological polar surface area (TPSA) is 98.0 Å². The number of anilines is 2. The van der Waals surface area contributed by atoms with Gasteiger partial charge in [0.25, 0.3) is 0 Å². The van der Waals surface area contributed by atoms with E-state index in [0.717, 1.165) is 5.56 Å². The molecule has 19 heavy (non-hydrogen) atoms. The van der Waals surface area contributed by atoms with Gasteiger partial charge in [-0.15, -0.1) is 0 Å². The number of hydrogen-bond donors (Lipinski definition) is 2. The van der Waals surface area contributed by atoms with Gasteiger partial charge < -0.3 is 5.73 Å². The Morgan fingerprint density at radius 1 is 1.16 bits per heavy atom. The second-order valence-electron chi connectivity index (χ2n) is 4.00. The molecule has 0 radical (unpaired) electrons. The highest BCUT2D eigenvalue weighted by Gasteiger charge is 2.10. The molecule has 6 nitrogen and oxygen atoms in total. The summed E-state index contributed by atoms with van der Waals surface area (Å²) in [4.78, 5) is 7.70. The molecule has 0 aromatic carbocycles. The molecule has 7 heteroatoms. The van der Waals surface area contributed by atoms with Crippen LogP contribution < -0.4 is 10.5 Å². The van der Waals surface area contributed by atoms with Crippen LogP contribution in [0.4, 0.5) is 11.5 Å². The highest BCUT2D eigenvalue weighted by atomic mass is 32.2. The molecule has 0 bridgehead atoms. The van der Waals surface area contributed by atoms with Crippen molar-refractivity contribution in [3.05, 3.63) is 48.4 Å². The summed E-state index contributed by atoms with van der Waals surface area (Å²) in [7, 11) is -3.40. The van der Waals surface area contributed by atoms with Gasteiger partial charge in [-0.1, -0.05) is 0 Å². The van der Waals surface area contributed by atoms with Crippen molar-refractivity contribution < 1.29 is 8.42 Å². The van der Waals surface area contributed by atoms with E-state index in [4.69, 9.17) is 5.73 Å². The molecule has 2 rings (SSSR count). The van der Waals surface area contributed by atoms with Crippen LogP contribution in [0.1, 0.15) is 5.56 Å². The van der Waals surface area contributed by atoms with Crippen molar-refractivity contribution >= 4 is 21.5 Å². The highest BCUT2D eigenvalue weighted by Crippen LogP contribution is 2.10. The second-order valence-corrected chi connectivity index (χ2v) is 5.84. The molecule has 0 fully saturated rings. The summed E-state index contributed by atoms with van der Waals surface area (Å²) in [6.45, 7) is 0. The van der Waals surface area contributed by atoms with Crippen molar-refractivity contribution in [3.8, 4) is 0 Å². The zero-order chi connectivity index (χ0) is 13.7. The molecular weight excluding hydrogens is 264 g/mol. The predicted molar refractivity (Wildman–Crippen MR) is 74.0 cm³/mol. The first-order chi connectivity index (χ1) is 9.05. The maximum absolute atomic E-state index is 11.9. The number of nitrogens with one attached hydrogen (secondary N) is 1. The van der Waals surface area contributed by atoms with Crippen molar-refractivity contribution in [2.45, 2.75) is 6.42 Å². The lowest BCUT2D eigenvalue weighted by atomic mass is 10.2. The molecule has 2 heterocycles. The lowest BCUT2D eigenvalue weighted by molar-refractivity contribution is 0.600. The van der Waals surface area contributed by atoms with Gasteiger partial charge in [0.15, 0.2) is 0 Å². The van der Waals surface area contributed by atoms with Gasteiger partial charge in [-0.2, -0.15) is 0 Å². The lowest BCUT2D eigenvalue weighted by Gasteiger charge is -2.07. The largest absolute Gasteiger partial charge is 0.384 e. The number of rotatable bonds is 5. The highest BCUT2D eigenvalue weighted by molar-refractivity contribution is 7.92. The Labute approximate surface area is 111 Å². The van der Waals surface area contributed by atoms with Crippen LogP contribution in [0.15, 0.2) is 42.9 Å². The molecule has 2 aromatic rings. The molecule has 0 atom stereocenters. The van der Waals surface area contributed by atoms with Crippen LogP contribution in [0.2, 0.25) is 0 Å². The Hall–Kier alpha value is -2.15. The van der Waals surface area contributed by atoms with Crippen molar-refractivity contribution in [1.82, 2.24) is 9.97 Å². The van der Waals surface area contributed by atoms with Crippen LogP contribution in [-0.4, -0.2) is 24.1 Å². The minimum absolute atomic E-state index is 0.00138. The molecule has 0 spiro atoms. The maximum Gasteiger partial charge on any atom is 0.233 e. The molecule has 0 saturated carbocycles. The molecule has 0 aliphatic rings. The molecule has 100 valence electrons. The van der Waals surface area contributed by atoms with Gasteiger partial charge in [-0.25, -0.2) is 13.4 Å². The zero-order valence-electron chi connectivity index (χ0n) is 10.2. The number of aromatic nitrogens is 2. The lowest BCUT2D eigenvalue weighted by Crippen LogP contribution is -2.18. The molecule has 0 unspecified atom stereocenters. The summed E-state index contributed by atoms with van der Waals surface area (Å²) in [6, 6.07) is 6.70. The maximum atomic E-state index is 11.9. The first kappa shape index (κ1) is 13.3. The smallest absolute Gasteiger partial charge is 0.233 e. The van der Waals surface area contributed by atoms with Crippen molar-refractivity contribution in [3.63, 3.8) is 0 Å². The average Bonchev–Trinajstić information content (AvgIpc) is 2.40. The molecule has 3 N–H and O–H groups in total. The van der Waals surface area contributed by atoms with Crippen LogP contribution in [0, 0.1) is 0 Å². The van der Waals surface area contributed by atoms with Crippen LogP contribution in [0.25, 0.3) is 0 Å². The van der Waals surface area contributed by atoms with Gasteiger partial charge in [-0.3, -0.25) is 9.71 Å². The van der Waals surface area contributed by atoms with Crippen LogP contribution in [-0.2, 0) is 16.4 Å². The minimum atomic E-state index is -3.40. The Bertz CT molecular complexity index is 627. The van der Waals surface area contributed by atoms with E-state index in [1.807, 2.05) is 0 Å². The van der Waals surface area contributed by atoms with Gasteiger partial charge in [0, 0.05) is 12.4 Å². The molecule has 0 saturated heterocycles. The molecule has 0 amide bonds. The molecule has 0 aliphatic heterocycles. The summed E-state index contributed by atoms with van der Waals surface area (Å²) in [5.74, 6) is 0.348. The van der Waals surface area contributed by atoms with E-state index in [-0.39, 0.29) is 5.75 Å². The van der Waals surface area contributed by atoms with Crippen molar-refractivity contribution in [1.29, 1.82) is 0 Å². The fourth-order valence-electron chi connectivity index (χ4n) is 1.50. The monoisotopic (exact) mass is 278 g/mol. The van der Waals surface area contributed by atoms with Crippen LogP contribution in [0.3, 0.4) is 0 Å². The van der Waals surface area contributed by atoms with Gasteiger partial charge in [0.2, 0.25) is 10.0 Å². The zero-order valence-corrected chi connectivity index (χ0v) is 11.0. The van der Waals surface area contributed by atoms with Crippen LogP contribution in [0.5, 0.6) is 0 Å². The predicted octanol–water partition coefficient (Wildman–Crippen LogP) is 1.04. The standard InChI is InChI=1S/C12H14N4O2S/c13-12-2-1-11(9-15-12)16-19(17,18)8-5-10-3-6-14-7-4-10/h1-4,6-7,9,16H,5,8H2,(H2,13,15). The van der Waals surface area contributed by atoms with Gasteiger partial charge in [-0.05, 0) is 36.2 Å². The Balaban J connectivity index is 1.97. The normalized spacial score (nSPS) is 11.2. The first-order valence-electron chi connectivity index (χ1n) is 5.66. The van der Waals surface area contributed by atoms with Crippen molar-refractivity contribution in [2.24, 2.45) is 0 Å². The van der Waals surface area contributed by atoms with E-state index in [0.29, 0.717) is 17.9 Å². The summed E-state index contributed by atoms with van der Waals surface area (Å²) in [5, 5.41) is 0. The number of nitrogens with zero attached hydrogens (tertiary/aromatic N) is 2. The third-order valence-electron chi connectivity index (χ3n) is 2.47. The average molecular weight is 278 g/mol. The van der Waals surface area contributed by atoms with E-state index in [1.165, 1.54) is 6.20 Å². The van der Waals surface area contributed by atoms with Gasteiger partial charge in [0.05, 0.1) is 17.6 Å². The van der Waals surface area contributed by atoms with E-state index in [2.05, 4.69) is 14.7 Å². The SMILES string of the molecule is Nc1ccc(NS(=O)(=O)CCc2ccncc2)cn1. The summed E-state index contributed by atoms with van der Waals surface area (Å²) in [5.41, 5.74) is 6.76. The van der Waals surface area contributed by atoms with E-state index >= 15 is 0 Å². The second kappa shape index (κ2) is 5.66. The molecule has 2 aromatic heterocycles. The number of pyridine rings is 2. The molecular formula is C12H14N4O2S. The van der Waals surface area contributed by atoms with Gasteiger partial charge in [0.1, 0.15) is 5.82 Å². The number of sulfonamides is 1. The minimum Gasteiger partial charge on any atom is -0.384 e. The number of aryl methyl sites for hydroxylation is 1. The summed E-state index contributed by atoms with van der Waals surface area (Å²) in [6.07, 6.45) is 5.10. The Kier molecular flexibility index (Phi) is 3.96. The van der Waals surface area contributed by atoms with E-state index in [9.17, 15) is 8.42 Å². The van der Waals surface area contributed by atoms with E-state index in [1.54, 1.807) is 36.7 Å². The first-order valence-corrected chi connectivity index (χ1v) is 7.31. The number of hydrogen-bond acceptors (Lipinski definition) is 5. The summed E-state index contributed by atoms with van der Waals surface area (Å²) < 4.78 is 26.2. The van der Waals surface area contributed by atoms with Crippen molar-refractivity contribution in [2.75, 3.05) is 16.2 Å². The summed E-state index contributed by atoms with van der Waals surface area (Å²) >= 11 is 0. The van der Waals surface area contributed by atoms with Gasteiger partial charge >= 0.3 is 0 Å². The fourth-order valence-corrected chi connectivity index (χ4v) is 2.58. The van der Waals surface area contributed by atoms with E-state index < -0.39 is 10.0 Å². The quantitative estimate of drug-likeness (QED) is 0.851. The Morgan fingerprint density at radius 3 is 2.53 bits per heavy atom. The fraction of sp³-hybridized carbons (Fsp3) is 0.167.